The molecule has 5 nitrogen and oxygen atoms in total. The molecular formula is C57H36N4O. The fourth-order valence-electron chi connectivity index (χ4n) is 8.73. The van der Waals surface area contributed by atoms with Crippen molar-refractivity contribution in [1.82, 2.24) is 19.5 Å². The highest BCUT2D eigenvalue weighted by atomic mass is 16.3. The first-order chi connectivity index (χ1) is 30.7. The highest BCUT2D eigenvalue weighted by Gasteiger charge is 2.18. The molecule has 3 heterocycles. The van der Waals surface area contributed by atoms with Gasteiger partial charge in [-0.2, -0.15) is 0 Å². The second-order valence-electron chi connectivity index (χ2n) is 15.6. The van der Waals surface area contributed by atoms with Crippen molar-refractivity contribution in [3.8, 4) is 73.2 Å². The zero-order valence-corrected chi connectivity index (χ0v) is 33.5. The maximum atomic E-state index is 6.53. The lowest BCUT2D eigenvalue weighted by Gasteiger charge is -2.10. The Morgan fingerprint density at radius 2 is 0.694 bits per heavy atom. The quantitative estimate of drug-likeness (QED) is 0.161. The standard InChI is InChI=1S/C57H36N4O/c1-4-12-37(13-5-1)39-20-26-42(27-21-39)55-58-56(43-28-22-40(23-29-43)38-14-6-2-7-15-38)60-57(59-55)44-30-24-41(25-31-44)45-32-33-53-49(34-45)50-35-48-47-18-10-11-19-51(47)61(46-16-8-3-9-17-46)52(48)36-54(50)62-53/h1-36H. The molecule has 12 rings (SSSR count). The van der Waals surface area contributed by atoms with Gasteiger partial charge in [0.25, 0.3) is 0 Å². The molecule has 5 heteroatoms. The van der Waals surface area contributed by atoms with Crippen LogP contribution < -0.4 is 0 Å². The van der Waals surface area contributed by atoms with Crippen molar-refractivity contribution in [2.75, 3.05) is 0 Å². The van der Waals surface area contributed by atoms with Crippen LogP contribution in [0.15, 0.2) is 223 Å². The number of aromatic nitrogens is 4. The first kappa shape index (κ1) is 35.5. The van der Waals surface area contributed by atoms with Gasteiger partial charge in [0, 0.05) is 50.0 Å². The van der Waals surface area contributed by atoms with Gasteiger partial charge in [-0.1, -0.05) is 176 Å². The van der Waals surface area contributed by atoms with Gasteiger partial charge in [-0.15, -0.1) is 0 Å². The summed E-state index contributed by atoms with van der Waals surface area (Å²) in [4.78, 5) is 15.2. The van der Waals surface area contributed by atoms with Crippen molar-refractivity contribution in [2.24, 2.45) is 0 Å². The van der Waals surface area contributed by atoms with Crippen molar-refractivity contribution in [1.29, 1.82) is 0 Å². The molecule has 62 heavy (non-hydrogen) atoms. The topological polar surface area (TPSA) is 56.7 Å². The second-order valence-corrected chi connectivity index (χ2v) is 15.6. The van der Waals surface area contributed by atoms with Crippen LogP contribution in [0.2, 0.25) is 0 Å². The minimum atomic E-state index is 0.616. The van der Waals surface area contributed by atoms with Crippen molar-refractivity contribution in [3.63, 3.8) is 0 Å². The third-order valence-corrected chi connectivity index (χ3v) is 11.9. The second kappa shape index (κ2) is 14.7. The van der Waals surface area contributed by atoms with Crippen LogP contribution in [-0.2, 0) is 0 Å². The lowest BCUT2D eigenvalue weighted by atomic mass is 10.0. The van der Waals surface area contributed by atoms with Crippen LogP contribution in [0.3, 0.4) is 0 Å². The van der Waals surface area contributed by atoms with Crippen LogP contribution in [0.4, 0.5) is 0 Å². The highest BCUT2D eigenvalue weighted by molar-refractivity contribution is 6.17. The maximum absolute atomic E-state index is 6.53. The number of fused-ring (bicyclic) bond motifs is 6. The number of furan rings is 1. The van der Waals surface area contributed by atoms with E-state index in [1.807, 2.05) is 12.1 Å². The van der Waals surface area contributed by atoms with Crippen LogP contribution in [0.5, 0.6) is 0 Å². The Labute approximate surface area is 357 Å². The van der Waals surface area contributed by atoms with E-state index in [1.165, 1.54) is 27.4 Å². The van der Waals surface area contributed by atoms with Crippen LogP contribution in [0, 0.1) is 0 Å². The highest BCUT2D eigenvalue weighted by Crippen LogP contribution is 2.40. The van der Waals surface area contributed by atoms with Crippen LogP contribution in [0.25, 0.3) is 117 Å². The normalized spacial score (nSPS) is 11.5. The van der Waals surface area contributed by atoms with E-state index in [0.29, 0.717) is 17.5 Å². The first-order valence-electron chi connectivity index (χ1n) is 20.8. The molecule has 0 spiro atoms. The van der Waals surface area contributed by atoms with Crippen molar-refractivity contribution >= 4 is 43.7 Å². The fraction of sp³-hybridized carbons (Fsp3) is 0. The average molecular weight is 793 g/mol. The van der Waals surface area contributed by atoms with Crippen molar-refractivity contribution in [3.05, 3.63) is 218 Å². The van der Waals surface area contributed by atoms with Gasteiger partial charge in [0.1, 0.15) is 11.2 Å². The van der Waals surface area contributed by atoms with E-state index < -0.39 is 0 Å². The molecule has 0 unspecified atom stereocenters. The predicted octanol–water partition coefficient (Wildman–Crippen LogP) is 14.9. The Hall–Kier alpha value is -8.41. The summed E-state index contributed by atoms with van der Waals surface area (Å²) < 4.78 is 8.86. The van der Waals surface area contributed by atoms with Gasteiger partial charge in [-0.05, 0) is 69.8 Å². The lowest BCUT2D eigenvalue weighted by Crippen LogP contribution is -2.00. The van der Waals surface area contributed by atoms with Crippen LogP contribution >= 0.6 is 0 Å². The van der Waals surface area contributed by atoms with Gasteiger partial charge in [0.2, 0.25) is 0 Å². The smallest absolute Gasteiger partial charge is 0.164 e. The number of hydrogen-bond acceptors (Lipinski definition) is 4. The molecule has 290 valence electrons. The van der Waals surface area contributed by atoms with Crippen LogP contribution in [-0.4, -0.2) is 19.5 Å². The number of hydrogen-bond donors (Lipinski definition) is 0. The van der Waals surface area contributed by atoms with Gasteiger partial charge in [-0.3, -0.25) is 0 Å². The number of benzene rings is 9. The third-order valence-electron chi connectivity index (χ3n) is 11.9. The molecule has 0 radical (unpaired) electrons. The third kappa shape index (κ3) is 6.23. The molecule has 3 aromatic heterocycles. The first-order valence-corrected chi connectivity index (χ1v) is 20.8. The minimum absolute atomic E-state index is 0.616. The Morgan fingerprint density at radius 1 is 0.274 bits per heavy atom. The molecular weight excluding hydrogens is 757 g/mol. The molecule has 0 atom stereocenters. The van der Waals surface area contributed by atoms with Gasteiger partial charge in [-0.25, -0.2) is 15.0 Å². The molecule has 0 fully saturated rings. The van der Waals surface area contributed by atoms with E-state index >= 15 is 0 Å². The van der Waals surface area contributed by atoms with E-state index in [2.05, 4.69) is 211 Å². The van der Waals surface area contributed by atoms with Crippen LogP contribution in [0.1, 0.15) is 0 Å². The summed E-state index contributed by atoms with van der Waals surface area (Å²) in [5.74, 6) is 1.86. The molecule has 0 aliphatic carbocycles. The predicted molar refractivity (Wildman–Crippen MR) is 254 cm³/mol. The molecule has 9 aromatic carbocycles. The zero-order chi connectivity index (χ0) is 41.0. The maximum Gasteiger partial charge on any atom is 0.164 e. The van der Waals surface area contributed by atoms with E-state index in [1.54, 1.807) is 0 Å². The van der Waals surface area contributed by atoms with Gasteiger partial charge >= 0.3 is 0 Å². The van der Waals surface area contributed by atoms with Crippen molar-refractivity contribution < 1.29 is 4.42 Å². The summed E-state index contributed by atoms with van der Waals surface area (Å²) >= 11 is 0. The molecule has 0 saturated heterocycles. The number of para-hydroxylation sites is 2. The largest absolute Gasteiger partial charge is 0.456 e. The zero-order valence-electron chi connectivity index (χ0n) is 33.5. The molecule has 0 amide bonds. The molecule has 0 aliphatic heterocycles. The molecule has 0 saturated carbocycles. The average Bonchev–Trinajstić information content (AvgIpc) is 3.88. The molecule has 0 aliphatic rings. The van der Waals surface area contributed by atoms with E-state index in [-0.39, 0.29) is 0 Å². The monoisotopic (exact) mass is 792 g/mol. The summed E-state index contributed by atoms with van der Waals surface area (Å²) in [5, 5.41) is 4.60. The summed E-state index contributed by atoms with van der Waals surface area (Å²) in [6, 6.07) is 76.3. The van der Waals surface area contributed by atoms with Crippen molar-refractivity contribution in [2.45, 2.75) is 0 Å². The van der Waals surface area contributed by atoms with Gasteiger partial charge < -0.3 is 8.98 Å². The number of nitrogens with zero attached hydrogens (tertiary/aromatic N) is 4. The molecule has 0 bridgehead atoms. The summed E-state index contributed by atoms with van der Waals surface area (Å²) in [7, 11) is 0. The fourth-order valence-corrected chi connectivity index (χ4v) is 8.73. The van der Waals surface area contributed by atoms with E-state index in [4.69, 9.17) is 19.4 Å². The molecule has 12 aromatic rings. The van der Waals surface area contributed by atoms with Gasteiger partial charge in [0.05, 0.1) is 11.0 Å². The minimum Gasteiger partial charge on any atom is -0.456 e. The van der Waals surface area contributed by atoms with Gasteiger partial charge in [0.15, 0.2) is 17.5 Å². The Morgan fingerprint density at radius 3 is 1.24 bits per heavy atom. The lowest BCUT2D eigenvalue weighted by molar-refractivity contribution is 0.669. The summed E-state index contributed by atoms with van der Waals surface area (Å²) in [6.45, 7) is 0. The SMILES string of the molecule is c1ccc(-c2ccc(-c3nc(-c4ccc(-c5ccccc5)cc4)nc(-c4ccc(-c5ccc6oc7cc8c(cc7c6c5)c5ccccc5n8-c5ccccc5)cc4)n3)cc2)cc1. The Balaban J connectivity index is 0.920. The summed E-state index contributed by atoms with van der Waals surface area (Å²) in [6.07, 6.45) is 0. The Kier molecular flexibility index (Phi) is 8.42. The summed E-state index contributed by atoms with van der Waals surface area (Å²) in [5.41, 5.74) is 14.7. The Bertz CT molecular complexity index is 3480. The van der Waals surface area contributed by atoms with E-state index in [0.717, 1.165) is 72.1 Å². The molecule has 0 N–H and O–H groups in total. The number of rotatable bonds is 7. The van der Waals surface area contributed by atoms with E-state index in [9.17, 15) is 0 Å².